The van der Waals surface area contributed by atoms with E-state index < -0.39 is 12.8 Å². The number of rotatable bonds is 6. The molecule has 0 atom stereocenters. The van der Waals surface area contributed by atoms with Crippen LogP contribution in [0, 0.1) is 6.92 Å². The van der Waals surface area contributed by atoms with Crippen LogP contribution in [0.3, 0.4) is 0 Å². The molecular weight excluding hydrogens is 345 g/mol. The van der Waals surface area contributed by atoms with Crippen LogP contribution in [0.25, 0.3) is 0 Å². The zero-order valence-electron chi connectivity index (χ0n) is 14.6. The third-order valence-corrected chi connectivity index (χ3v) is 3.45. The number of hydrogen-bond acceptors (Lipinski definition) is 3. The number of nitrogens with one attached hydrogen (secondary N) is 2. The SMILES string of the molecule is CN=C(NCc1ccc(C)cc1)NCc1ccc(OCC(F)(F)F)nc1. The van der Waals surface area contributed by atoms with Gasteiger partial charge in [0.2, 0.25) is 5.88 Å². The van der Waals surface area contributed by atoms with Gasteiger partial charge in [-0.3, -0.25) is 4.99 Å². The van der Waals surface area contributed by atoms with E-state index in [1.165, 1.54) is 17.8 Å². The molecule has 1 aromatic heterocycles. The van der Waals surface area contributed by atoms with Crippen molar-refractivity contribution < 1.29 is 17.9 Å². The number of aromatic nitrogens is 1. The number of halogens is 3. The fourth-order valence-corrected chi connectivity index (χ4v) is 2.05. The van der Waals surface area contributed by atoms with E-state index in [2.05, 4.69) is 25.3 Å². The summed E-state index contributed by atoms with van der Waals surface area (Å²) < 4.78 is 40.9. The molecule has 0 fully saturated rings. The minimum absolute atomic E-state index is 0.0621. The molecule has 0 bridgehead atoms. The Bertz CT molecular complexity index is 713. The van der Waals surface area contributed by atoms with Gasteiger partial charge in [0.05, 0.1) is 0 Å². The second-order valence-corrected chi connectivity index (χ2v) is 5.67. The van der Waals surface area contributed by atoms with Gasteiger partial charge in [-0.05, 0) is 18.1 Å². The smallest absolute Gasteiger partial charge is 0.422 e. The number of aryl methyl sites for hydroxylation is 1. The van der Waals surface area contributed by atoms with Gasteiger partial charge in [0, 0.05) is 32.4 Å². The Labute approximate surface area is 150 Å². The molecule has 2 rings (SSSR count). The number of aliphatic imine (C=N–C) groups is 1. The van der Waals surface area contributed by atoms with Crippen molar-refractivity contribution in [3.63, 3.8) is 0 Å². The Balaban J connectivity index is 1.79. The summed E-state index contributed by atoms with van der Waals surface area (Å²) in [5.41, 5.74) is 3.13. The quantitative estimate of drug-likeness (QED) is 0.609. The predicted molar refractivity (Wildman–Crippen MR) is 94.0 cm³/mol. The topological polar surface area (TPSA) is 58.5 Å². The number of benzene rings is 1. The highest BCUT2D eigenvalue weighted by molar-refractivity contribution is 5.79. The molecule has 1 aromatic carbocycles. The fraction of sp³-hybridized carbons (Fsp3) is 0.333. The van der Waals surface area contributed by atoms with Crippen molar-refractivity contribution >= 4 is 5.96 Å². The van der Waals surface area contributed by atoms with Crippen molar-refractivity contribution in [2.24, 2.45) is 4.99 Å². The molecule has 2 aromatic rings. The van der Waals surface area contributed by atoms with E-state index in [4.69, 9.17) is 0 Å². The number of hydrogen-bond donors (Lipinski definition) is 2. The van der Waals surface area contributed by atoms with E-state index in [0.717, 1.165) is 11.1 Å². The average Bonchev–Trinajstić information content (AvgIpc) is 2.62. The molecule has 0 aliphatic rings. The molecule has 0 saturated carbocycles. The lowest BCUT2D eigenvalue weighted by Crippen LogP contribution is -2.36. The van der Waals surface area contributed by atoms with Crippen LogP contribution in [-0.2, 0) is 13.1 Å². The third kappa shape index (κ3) is 7.00. The van der Waals surface area contributed by atoms with Crippen molar-refractivity contribution in [3.05, 3.63) is 59.3 Å². The summed E-state index contributed by atoms with van der Waals surface area (Å²) in [4.78, 5) is 8.00. The first-order valence-electron chi connectivity index (χ1n) is 8.00. The van der Waals surface area contributed by atoms with E-state index in [0.29, 0.717) is 19.0 Å². The lowest BCUT2D eigenvalue weighted by Gasteiger charge is -2.12. The Morgan fingerprint density at radius 3 is 2.19 bits per heavy atom. The van der Waals surface area contributed by atoms with Crippen molar-refractivity contribution in [1.29, 1.82) is 0 Å². The molecule has 5 nitrogen and oxygen atoms in total. The molecule has 26 heavy (non-hydrogen) atoms. The van der Waals surface area contributed by atoms with Crippen molar-refractivity contribution in [2.75, 3.05) is 13.7 Å². The molecule has 0 radical (unpaired) electrons. The predicted octanol–water partition coefficient (Wildman–Crippen LogP) is 3.20. The van der Waals surface area contributed by atoms with Crippen molar-refractivity contribution in [1.82, 2.24) is 15.6 Å². The maximum Gasteiger partial charge on any atom is 0.422 e. The van der Waals surface area contributed by atoms with Gasteiger partial charge in [-0.2, -0.15) is 13.2 Å². The monoisotopic (exact) mass is 366 g/mol. The number of ether oxygens (including phenoxy) is 1. The standard InChI is InChI=1S/C18H21F3N4O/c1-13-3-5-14(6-4-13)9-24-17(22-2)25-11-15-7-8-16(23-10-15)26-12-18(19,20)21/h3-8,10H,9,11-12H2,1-2H3,(H2,22,24,25). The molecule has 0 aliphatic heterocycles. The van der Waals surface area contributed by atoms with Crippen LogP contribution in [0.4, 0.5) is 13.2 Å². The van der Waals surface area contributed by atoms with Crippen LogP contribution < -0.4 is 15.4 Å². The largest absolute Gasteiger partial charge is 0.468 e. The van der Waals surface area contributed by atoms with Gasteiger partial charge in [-0.1, -0.05) is 35.9 Å². The lowest BCUT2D eigenvalue weighted by molar-refractivity contribution is -0.154. The van der Waals surface area contributed by atoms with E-state index in [9.17, 15) is 13.2 Å². The zero-order chi connectivity index (χ0) is 19.0. The first kappa shape index (κ1) is 19.6. The first-order valence-corrected chi connectivity index (χ1v) is 8.00. The molecular formula is C18H21F3N4O. The summed E-state index contributed by atoms with van der Waals surface area (Å²) in [7, 11) is 1.66. The summed E-state index contributed by atoms with van der Waals surface area (Å²) in [6.07, 6.45) is -2.91. The molecule has 2 N–H and O–H groups in total. The number of guanidine groups is 1. The summed E-state index contributed by atoms with van der Waals surface area (Å²) in [5, 5.41) is 6.31. The normalized spacial score (nSPS) is 12.0. The van der Waals surface area contributed by atoms with Gasteiger partial charge >= 0.3 is 6.18 Å². The Morgan fingerprint density at radius 1 is 1.04 bits per heavy atom. The lowest BCUT2D eigenvalue weighted by atomic mass is 10.1. The maximum absolute atomic E-state index is 12.1. The number of alkyl halides is 3. The van der Waals surface area contributed by atoms with E-state index in [1.807, 2.05) is 31.2 Å². The molecule has 0 amide bonds. The Kier molecular flexibility index (Phi) is 6.82. The summed E-state index contributed by atoms with van der Waals surface area (Å²) >= 11 is 0. The van der Waals surface area contributed by atoms with Gasteiger partial charge in [-0.25, -0.2) is 4.98 Å². The van der Waals surface area contributed by atoms with Crippen LogP contribution in [0.2, 0.25) is 0 Å². The van der Waals surface area contributed by atoms with Gasteiger partial charge in [0.1, 0.15) is 0 Å². The first-order chi connectivity index (χ1) is 12.4. The molecule has 140 valence electrons. The van der Waals surface area contributed by atoms with E-state index in [1.54, 1.807) is 13.1 Å². The summed E-state index contributed by atoms with van der Waals surface area (Å²) in [5.74, 6) is 0.552. The van der Waals surface area contributed by atoms with Gasteiger partial charge in [-0.15, -0.1) is 0 Å². The van der Waals surface area contributed by atoms with Crippen molar-refractivity contribution in [3.8, 4) is 5.88 Å². The molecule has 0 aliphatic carbocycles. The molecule has 8 heteroatoms. The minimum atomic E-state index is -4.38. The number of nitrogens with zero attached hydrogens (tertiary/aromatic N) is 2. The third-order valence-electron chi connectivity index (χ3n) is 3.45. The average molecular weight is 366 g/mol. The Morgan fingerprint density at radius 2 is 1.65 bits per heavy atom. The highest BCUT2D eigenvalue weighted by Crippen LogP contribution is 2.17. The highest BCUT2D eigenvalue weighted by Gasteiger charge is 2.28. The second-order valence-electron chi connectivity index (χ2n) is 5.67. The van der Waals surface area contributed by atoms with Gasteiger partial charge < -0.3 is 15.4 Å². The van der Waals surface area contributed by atoms with Gasteiger partial charge in [0.15, 0.2) is 12.6 Å². The minimum Gasteiger partial charge on any atom is -0.468 e. The van der Waals surface area contributed by atoms with E-state index in [-0.39, 0.29) is 5.88 Å². The van der Waals surface area contributed by atoms with Gasteiger partial charge in [0.25, 0.3) is 0 Å². The zero-order valence-corrected chi connectivity index (χ0v) is 14.6. The molecule has 0 saturated heterocycles. The summed E-state index contributed by atoms with van der Waals surface area (Å²) in [6.45, 7) is 1.74. The Hall–Kier alpha value is -2.77. The summed E-state index contributed by atoms with van der Waals surface area (Å²) in [6, 6.07) is 11.2. The maximum atomic E-state index is 12.1. The second kappa shape index (κ2) is 9.07. The molecule has 0 unspecified atom stereocenters. The van der Waals surface area contributed by atoms with Crippen LogP contribution in [0.5, 0.6) is 5.88 Å². The molecule has 0 spiro atoms. The molecule has 1 heterocycles. The number of pyridine rings is 1. The van der Waals surface area contributed by atoms with E-state index >= 15 is 0 Å². The van der Waals surface area contributed by atoms with Crippen LogP contribution in [-0.4, -0.2) is 30.8 Å². The van der Waals surface area contributed by atoms with Crippen LogP contribution in [0.1, 0.15) is 16.7 Å². The van der Waals surface area contributed by atoms with Crippen LogP contribution in [0.15, 0.2) is 47.6 Å². The highest BCUT2D eigenvalue weighted by atomic mass is 19.4. The fourth-order valence-electron chi connectivity index (χ4n) is 2.05. The van der Waals surface area contributed by atoms with Crippen LogP contribution >= 0.6 is 0 Å². The van der Waals surface area contributed by atoms with Crippen molar-refractivity contribution in [2.45, 2.75) is 26.2 Å².